The molecular weight excluding hydrogens is 885 g/mol. The molecule has 2 aromatic carbocycles. The van der Waals surface area contributed by atoms with Gasteiger partial charge in [0.15, 0.2) is 5.92 Å². The van der Waals surface area contributed by atoms with Gasteiger partial charge in [0, 0.05) is 28.0 Å². The first kappa shape index (κ1) is 52.2. The molecule has 0 aliphatic heterocycles. The SMILES string of the molecule is C=C(c1ccc(Br)cn1)c1cc2c(cc1C)C(C)(C)CCC2(C)C.C=C(c1ccc(C(C(=O)OC)C(=O)OC)cn1)c1cc2c(cc1C)C(C)(C)CCC2(C)C.COC(=O)CC(=O)OC. The fraction of sp³-hybridized carbons (Fsp3) is 0.444. The molecule has 2 heterocycles. The van der Waals surface area contributed by atoms with E-state index in [0.29, 0.717) is 11.3 Å². The van der Waals surface area contributed by atoms with E-state index < -0.39 is 29.8 Å². The van der Waals surface area contributed by atoms with E-state index in [1.54, 1.807) is 12.1 Å². The van der Waals surface area contributed by atoms with Gasteiger partial charge in [-0.3, -0.25) is 29.1 Å². The Balaban J connectivity index is 0.000000246. The van der Waals surface area contributed by atoms with Crippen LogP contribution in [0.4, 0.5) is 0 Å². The minimum atomic E-state index is -1.16. The second kappa shape index (κ2) is 20.8. The summed E-state index contributed by atoms with van der Waals surface area (Å²) < 4.78 is 18.9. The Morgan fingerprint density at radius 3 is 1.23 bits per heavy atom. The number of carbonyl (C=O) groups is 4. The third-order valence-electron chi connectivity index (χ3n) is 13.1. The number of aromatic nitrogens is 2. The first-order valence-electron chi connectivity index (χ1n) is 21.8. The van der Waals surface area contributed by atoms with Crippen LogP contribution in [0, 0.1) is 13.8 Å². The fourth-order valence-corrected chi connectivity index (χ4v) is 8.78. The minimum absolute atomic E-state index is 0.0963. The van der Waals surface area contributed by atoms with Gasteiger partial charge in [-0.2, -0.15) is 0 Å². The molecule has 348 valence electrons. The van der Waals surface area contributed by atoms with Crippen LogP contribution in [0.15, 0.2) is 78.6 Å². The van der Waals surface area contributed by atoms with Crippen LogP contribution in [0.3, 0.4) is 0 Å². The van der Waals surface area contributed by atoms with Gasteiger partial charge in [-0.15, -0.1) is 0 Å². The molecule has 2 aliphatic carbocycles. The van der Waals surface area contributed by atoms with Crippen molar-refractivity contribution in [3.8, 4) is 0 Å². The largest absolute Gasteiger partial charge is 0.469 e. The third kappa shape index (κ3) is 12.1. The second-order valence-corrected chi connectivity index (χ2v) is 20.5. The van der Waals surface area contributed by atoms with Crippen LogP contribution < -0.4 is 0 Å². The number of hydrogen-bond acceptors (Lipinski definition) is 10. The molecular formula is C54H67BrN2O8. The van der Waals surface area contributed by atoms with Crippen LogP contribution in [0.2, 0.25) is 0 Å². The fourth-order valence-electron chi connectivity index (χ4n) is 8.55. The van der Waals surface area contributed by atoms with Gasteiger partial charge in [-0.25, -0.2) is 0 Å². The van der Waals surface area contributed by atoms with Gasteiger partial charge in [-0.05, 0) is 158 Å². The third-order valence-corrected chi connectivity index (χ3v) is 13.6. The molecule has 6 rings (SSSR count). The van der Waals surface area contributed by atoms with E-state index in [9.17, 15) is 19.2 Å². The average Bonchev–Trinajstić information content (AvgIpc) is 3.27. The standard InChI is InChI=1S/C27H33NO4.C22H26BrN.C5H8O4/c1-16-13-20-21(27(5,6)12-11-26(20,3)4)14-19(16)17(2)22-10-9-18(15-28-22)23(24(29)31-7)25(30)32-8;1-14-11-18-19(22(5,6)10-9-21(18,3)4)12-17(14)15(2)20-8-7-16(23)13-24-20;1-8-4(6)3-5(7)9-2/h9-10,13-15,23H,2,11-12H2,1,3-8H3;7-8,11-13H,2,9-10H2,1,3-6H3;3H2,1-2H3. The lowest BCUT2D eigenvalue weighted by molar-refractivity contribution is -0.155. The minimum Gasteiger partial charge on any atom is -0.469 e. The number of aryl methyl sites for hydroxylation is 2. The van der Waals surface area contributed by atoms with E-state index in [2.05, 4.69) is 142 Å². The molecule has 0 fully saturated rings. The summed E-state index contributed by atoms with van der Waals surface area (Å²) in [7, 11) is 4.91. The van der Waals surface area contributed by atoms with Crippen LogP contribution in [0.25, 0.3) is 11.1 Å². The summed E-state index contributed by atoms with van der Waals surface area (Å²) in [6.07, 6.45) is 7.79. The number of nitrogens with zero attached hydrogens (tertiary/aromatic N) is 2. The van der Waals surface area contributed by atoms with Crippen molar-refractivity contribution in [1.82, 2.24) is 9.97 Å². The Kier molecular flexibility index (Phi) is 16.7. The topological polar surface area (TPSA) is 131 Å². The Morgan fingerprint density at radius 2 is 0.923 bits per heavy atom. The maximum absolute atomic E-state index is 12.1. The summed E-state index contributed by atoms with van der Waals surface area (Å²) in [5.41, 5.74) is 15.0. The van der Waals surface area contributed by atoms with Crippen molar-refractivity contribution in [2.24, 2.45) is 0 Å². The zero-order valence-electron chi connectivity index (χ0n) is 40.8. The van der Waals surface area contributed by atoms with Crippen molar-refractivity contribution in [3.63, 3.8) is 0 Å². The molecule has 0 saturated heterocycles. The lowest BCUT2D eigenvalue weighted by Crippen LogP contribution is -2.34. The van der Waals surface area contributed by atoms with Crippen LogP contribution in [-0.2, 0) is 59.8 Å². The number of rotatable bonds is 9. The quantitative estimate of drug-likeness (QED) is 0.0907. The molecule has 65 heavy (non-hydrogen) atoms. The van der Waals surface area contributed by atoms with E-state index >= 15 is 0 Å². The van der Waals surface area contributed by atoms with Crippen molar-refractivity contribution in [1.29, 1.82) is 0 Å². The maximum atomic E-state index is 12.1. The van der Waals surface area contributed by atoms with Gasteiger partial charge in [0.2, 0.25) is 0 Å². The van der Waals surface area contributed by atoms with Crippen molar-refractivity contribution in [2.45, 2.75) is 129 Å². The lowest BCUT2D eigenvalue weighted by Gasteiger charge is -2.42. The van der Waals surface area contributed by atoms with E-state index in [1.807, 2.05) is 18.3 Å². The molecule has 0 amide bonds. The summed E-state index contributed by atoms with van der Waals surface area (Å²) in [6, 6.07) is 16.9. The average molecular weight is 952 g/mol. The molecule has 0 bridgehead atoms. The smallest absolute Gasteiger partial charge is 0.324 e. The predicted molar refractivity (Wildman–Crippen MR) is 261 cm³/mol. The highest BCUT2D eigenvalue weighted by Gasteiger charge is 2.39. The zero-order valence-corrected chi connectivity index (χ0v) is 42.4. The molecule has 2 aromatic heterocycles. The van der Waals surface area contributed by atoms with Crippen LogP contribution >= 0.6 is 15.9 Å². The highest BCUT2D eigenvalue weighted by Crippen LogP contribution is 2.49. The molecule has 10 nitrogen and oxygen atoms in total. The predicted octanol–water partition coefficient (Wildman–Crippen LogP) is 11.5. The summed E-state index contributed by atoms with van der Waals surface area (Å²) in [5.74, 6) is -3.68. The Bertz CT molecular complexity index is 2420. The highest BCUT2D eigenvalue weighted by molar-refractivity contribution is 9.10. The number of esters is 4. The summed E-state index contributed by atoms with van der Waals surface area (Å²) in [5, 5.41) is 0. The van der Waals surface area contributed by atoms with Gasteiger partial charge in [-0.1, -0.05) is 86.7 Å². The van der Waals surface area contributed by atoms with Crippen LogP contribution in [0.5, 0.6) is 0 Å². The summed E-state index contributed by atoms with van der Waals surface area (Å²) in [6.45, 7) is 31.6. The van der Waals surface area contributed by atoms with Gasteiger partial charge < -0.3 is 18.9 Å². The number of carbonyl (C=O) groups excluding carboxylic acids is 4. The second-order valence-electron chi connectivity index (χ2n) is 19.6. The van der Waals surface area contributed by atoms with E-state index in [1.165, 1.54) is 80.9 Å². The zero-order chi connectivity index (χ0) is 48.8. The number of ether oxygens (including phenoxy) is 4. The Hall–Kier alpha value is -5.42. The number of pyridine rings is 2. The molecule has 4 aromatic rings. The monoisotopic (exact) mass is 950 g/mol. The summed E-state index contributed by atoms with van der Waals surface area (Å²) in [4.78, 5) is 53.7. The molecule has 2 aliphatic rings. The first-order valence-corrected chi connectivity index (χ1v) is 22.6. The number of hydrogen-bond donors (Lipinski definition) is 0. The van der Waals surface area contributed by atoms with Crippen LogP contribution in [0.1, 0.15) is 155 Å². The van der Waals surface area contributed by atoms with Gasteiger partial charge in [0.05, 0.1) is 39.8 Å². The van der Waals surface area contributed by atoms with Gasteiger partial charge in [0.25, 0.3) is 0 Å². The van der Waals surface area contributed by atoms with Crippen molar-refractivity contribution < 1.29 is 38.1 Å². The van der Waals surface area contributed by atoms with Gasteiger partial charge >= 0.3 is 23.9 Å². The number of methoxy groups -OCH3 is 4. The Labute approximate surface area is 394 Å². The molecule has 0 N–H and O–H groups in total. The maximum Gasteiger partial charge on any atom is 0.324 e. The highest BCUT2D eigenvalue weighted by atomic mass is 79.9. The summed E-state index contributed by atoms with van der Waals surface area (Å²) >= 11 is 3.45. The van der Waals surface area contributed by atoms with Crippen molar-refractivity contribution >= 4 is 51.0 Å². The molecule has 0 saturated carbocycles. The lowest BCUT2D eigenvalue weighted by atomic mass is 9.62. The number of fused-ring (bicyclic) bond motifs is 2. The van der Waals surface area contributed by atoms with Crippen molar-refractivity contribution in [2.75, 3.05) is 28.4 Å². The normalized spacial score (nSPS) is 15.8. The molecule has 0 radical (unpaired) electrons. The molecule has 11 heteroatoms. The molecule has 0 spiro atoms. The first-order chi connectivity index (χ1) is 30.2. The molecule has 0 unspecified atom stereocenters. The van der Waals surface area contributed by atoms with Crippen molar-refractivity contribution in [3.05, 3.63) is 140 Å². The Morgan fingerprint density at radius 1 is 0.569 bits per heavy atom. The van der Waals surface area contributed by atoms with E-state index in [-0.39, 0.29) is 28.1 Å². The van der Waals surface area contributed by atoms with E-state index in [4.69, 9.17) is 9.47 Å². The van der Waals surface area contributed by atoms with E-state index in [0.717, 1.165) is 45.3 Å². The number of halogens is 1. The number of benzene rings is 2. The molecule has 0 atom stereocenters. The van der Waals surface area contributed by atoms with Gasteiger partial charge in [0.1, 0.15) is 6.42 Å². The van der Waals surface area contributed by atoms with Crippen LogP contribution in [-0.4, -0.2) is 62.3 Å².